The number of rotatable bonds is 9. The van der Waals surface area contributed by atoms with Crippen LogP contribution in [0.5, 0.6) is 5.75 Å². The molecule has 202 valence electrons. The van der Waals surface area contributed by atoms with Gasteiger partial charge >= 0.3 is 0 Å². The van der Waals surface area contributed by atoms with Crippen LogP contribution in [-0.4, -0.2) is 50.3 Å². The van der Waals surface area contributed by atoms with E-state index in [1.165, 1.54) is 16.4 Å². The van der Waals surface area contributed by atoms with Crippen LogP contribution < -0.4 is 4.74 Å². The first-order valence-corrected chi connectivity index (χ1v) is 14.8. The first-order valence-electron chi connectivity index (χ1n) is 12.2. The van der Waals surface area contributed by atoms with Gasteiger partial charge in [0.2, 0.25) is 15.9 Å². The summed E-state index contributed by atoms with van der Waals surface area (Å²) in [5.41, 5.74) is 0.260. The van der Waals surface area contributed by atoms with E-state index in [0.29, 0.717) is 36.7 Å². The summed E-state index contributed by atoms with van der Waals surface area (Å²) in [4.78, 5) is 15.1. The van der Waals surface area contributed by atoms with Crippen molar-refractivity contribution >= 4 is 50.7 Å². The molecule has 0 radical (unpaired) electrons. The van der Waals surface area contributed by atoms with Gasteiger partial charge in [-0.25, -0.2) is 8.42 Å². The van der Waals surface area contributed by atoms with Crippen molar-refractivity contribution in [1.82, 2.24) is 9.21 Å². The number of halogens is 3. The molecule has 0 aromatic heterocycles. The topological polar surface area (TPSA) is 66.9 Å². The van der Waals surface area contributed by atoms with Crippen LogP contribution in [0.15, 0.2) is 77.7 Å². The molecule has 1 aliphatic rings. The molecule has 1 fully saturated rings. The molecule has 0 bridgehead atoms. The van der Waals surface area contributed by atoms with Crippen LogP contribution in [0.1, 0.15) is 24.8 Å². The smallest absolute Gasteiger partial charge is 0.244 e. The molecule has 1 heterocycles. The number of piperidine rings is 1. The maximum Gasteiger partial charge on any atom is 0.244 e. The number of carbonyl (C=O) groups excluding carboxylic acids is 1. The number of ether oxygens (including phenoxy) is 1. The molecule has 0 aliphatic carbocycles. The van der Waals surface area contributed by atoms with Crippen molar-refractivity contribution in [2.45, 2.75) is 30.7 Å². The van der Waals surface area contributed by atoms with Gasteiger partial charge in [0, 0.05) is 48.6 Å². The van der Waals surface area contributed by atoms with Crippen molar-refractivity contribution < 1.29 is 17.9 Å². The fourth-order valence-electron chi connectivity index (χ4n) is 4.66. The predicted octanol–water partition coefficient (Wildman–Crippen LogP) is 6.55. The summed E-state index contributed by atoms with van der Waals surface area (Å²) in [6.45, 7) is 1.03. The molecule has 0 saturated carbocycles. The normalized spacial score (nSPS) is 18.2. The summed E-state index contributed by atoms with van der Waals surface area (Å²) >= 11 is 18.4. The average Bonchev–Trinajstić information content (AvgIpc) is 2.90. The van der Waals surface area contributed by atoms with E-state index in [-0.39, 0.29) is 40.4 Å². The second kappa shape index (κ2) is 12.3. The number of hydrogen-bond acceptors (Lipinski definition) is 4. The summed E-state index contributed by atoms with van der Waals surface area (Å²) in [6.07, 6.45) is 1.32. The van der Waals surface area contributed by atoms with E-state index in [0.717, 1.165) is 5.56 Å². The Bertz CT molecular complexity index is 1370. The van der Waals surface area contributed by atoms with Crippen molar-refractivity contribution in [3.05, 3.63) is 93.4 Å². The lowest BCUT2D eigenvalue weighted by Gasteiger charge is -2.42. The molecule has 3 aromatic carbocycles. The lowest BCUT2D eigenvalue weighted by Crippen LogP contribution is -2.50. The molecular formula is C28H29Cl3N2O4S. The minimum atomic E-state index is -3.96. The van der Waals surface area contributed by atoms with Gasteiger partial charge < -0.3 is 9.64 Å². The Morgan fingerprint density at radius 1 is 1.00 bits per heavy atom. The molecule has 1 saturated heterocycles. The van der Waals surface area contributed by atoms with Crippen molar-refractivity contribution in [3.63, 3.8) is 0 Å². The van der Waals surface area contributed by atoms with Crippen LogP contribution >= 0.6 is 34.8 Å². The van der Waals surface area contributed by atoms with Crippen LogP contribution in [0.3, 0.4) is 0 Å². The van der Waals surface area contributed by atoms with E-state index in [1.54, 1.807) is 42.3 Å². The molecule has 3 aromatic rings. The van der Waals surface area contributed by atoms with Crippen LogP contribution in [0.2, 0.25) is 15.1 Å². The fraction of sp³-hybridized carbons (Fsp3) is 0.321. The van der Waals surface area contributed by atoms with Gasteiger partial charge in [-0.2, -0.15) is 4.31 Å². The highest BCUT2D eigenvalue weighted by molar-refractivity contribution is 7.89. The van der Waals surface area contributed by atoms with E-state index >= 15 is 0 Å². The second-order valence-electron chi connectivity index (χ2n) is 9.67. The molecule has 1 amide bonds. The van der Waals surface area contributed by atoms with Gasteiger partial charge in [-0.1, -0.05) is 65.1 Å². The number of nitrogens with zero attached hydrogens (tertiary/aromatic N) is 2. The van der Waals surface area contributed by atoms with Crippen molar-refractivity contribution in [2.75, 3.05) is 26.7 Å². The Labute approximate surface area is 239 Å². The number of hydrogen-bond donors (Lipinski definition) is 0. The zero-order chi connectivity index (χ0) is 27.3. The van der Waals surface area contributed by atoms with Crippen LogP contribution in [0.4, 0.5) is 0 Å². The quantitative estimate of drug-likeness (QED) is 0.282. The SMILES string of the molecule is CN(Cc1ccccc1)C(=O)C[C@]1(COc2ccc(Cl)cc2)CCCN(S(=O)(=O)c2cc(Cl)ccc2Cl)C1. The monoisotopic (exact) mass is 594 g/mol. The largest absolute Gasteiger partial charge is 0.493 e. The summed E-state index contributed by atoms with van der Waals surface area (Å²) < 4.78 is 34.8. The standard InChI is InChI=1S/C28H29Cl3N2O4S/c1-32(18-21-6-3-2-4-7-21)27(34)17-28(20-37-24-11-8-22(29)9-12-24)14-5-15-33(19-28)38(35,36)26-16-23(30)10-13-25(26)31/h2-4,6-13,16H,5,14-15,17-20H2,1H3/t28-/m1/s1. The highest BCUT2D eigenvalue weighted by Crippen LogP contribution is 2.39. The first kappa shape index (κ1) is 28.7. The summed E-state index contributed by atoms with van der Waals surface area (Å²) in [7, 11) is -2.20. The second-order valence-corrected chi connectivity index (χ2v) is 12.9. The predicted molar refractivity (Wildman–Crippen MR) is 151 cm³/mol. The maximum absolute atomic E-state index is 13.7. The van der Waals surface area contributed by atoms with Crippen LogP contribution in [-0.2, 0) is 21.4 Å². The van der Waals surface area contributed by atoms with E-state index in [9.17, 15) is 13.2 Å². The van der Waals surface area contributed by atoms with Gasteiger partial charge in [0.15, 0.2) is 0 Å². The average molecular weight is 596 g/mol. The Morgan fingerprint density at radius 3 is 2.39 bits per heavy atom. The summed E-state index contributed by atoms with van der Waals surface area (Å²) in [6, 6.07) is 21.0. The lowest BCUT2D eigenvalue weighted by molar-refractivity contribution is -0.134. The molecule has 38 heavy (non-hydrogen) atoms. The Balaban J connectivity index is 1.59. The van der Waals surface area contributed by atoms with Crippen LogP contribution in [0.25, 0.3) is 0 Å². The van der Waals surface area contributed by atoms with Crippen molar-refractivity contribution in [1.29, 1.82) is 0 Å². The molecular weight excluding hydrogens is 567 g/mol. The molecule has 1 atom stereocenters. The molecule has 0 N–H and O–H groups in total. The zero-order valence-electron chi connectivity index (χ0n) is 20.9. The van der Waals surface area contributed by atoms with E-state index in [4.69, 9.17) is 39.5 Å². The number of benzene rings is 3. The molecule has 1 aliphatic heterocycles. The number of amides is 1. The lowest BCUT2D eigenvalue weighted by atomic mass is 9.78. The van der Waals surface area contributed by atoms with Gasteiger partial charge in [-0.05, 0) is 60.9 Å². The number of carbonyl (C=O) groups is 1. The Hall–Kier alpha value is -2.29. The third-order valence-electron chi connectivity index (χ3n) is 6.71. The van der Waals surface area contributed by atoms with Gasteiger partial charge in [0.1, 0.15) is 10.6 Å². The van der Waals surface area contributed by atoms with E-state index in [1.807, 2.05) is 30.3 Å². The summed E-state index contributed by atoms with van der Waals surface area (Å²) in [5.74, 6) is 0.505. The maximum atomic E-state index is 13.7. The molecule has 6 nitrogen and oxygen atoms in total. The number of sulfonamides is 1. The molecule has 10 heteroatoms. The highest BCUT2D eigenvalue weighted by atomic mass is 35.5. The first-order chi connectivity index (χ1) is 18.1. The van der Waals surface area contributed by atoms with Gasteiger partial charge in [0.25, 0.3) is 0 Å². The molecule has 0 unspecified atom stereocenters. The Kier molecular flexibility index (Phi) is 9.27. The zero-order valence-corrected chi connectivity index (χ0v) is 24.0. The Morgan fingerprint density at radius 2 is 1.68 bits per heavy atom. The molecule has 0 spiro atoms. The third-order valence-corrected chi connectivity index (χ3v) is 9.52. The van der Waals surface area contributed by atoms with Crippen molar-refractivity contribution in [2.24, 2.45) is 5.41 Å². The highest BCUT2D eigenvalue weighted by Gasteiger charge is 2.43. The summed E-state index contributed by atoms with van der Waals surface area (Å²) in [5, 5.41) is 0.958. The van der Waals surface area contributed by atoms with E-state index in [2.05, 4.69) is 0 Å². The van der Waals surface area contributed by atoms with E-state index < -0.39 is 15.4 Å². The van der Waals surface area contributed by atoms with Gasteiger partial charge in [-0.3, -0.25) is 4.79 Å². The third kappa shape index (κ3) is 7.01. The van der Waals surface area contributed by atoms with Gasteiger partial charge in [0.05, 0.1) is 11.6 Å². The van der Waals surface area contributed by atoms with Crippen LogP contribution in [0, 0.1) is 5.41 Å². The minimum Gasteiger partial charge on any atom is -0.493 e. The fourth-order valence-corrected chi connectivity index (χ4v) is 7.12. The van der Waals surface area contributed by atoms with Gasteiger partial charge in [-0.15, -0.1) is 0 Å². The van der Waals surface area contributed by atoms with Crippen molar-refractivity contribution in [3.8, 4) is 5.75 Å². The minimum absolute atomic E-state index is 0.0476. The molecule has 4 rings (SSSR count).